The lowest BCUT2D eigenvalue weighted by atomic mass is 10.1. The van der Waals surface area contributed by atoms with Crippen molar-refractivity contribution in [3.05, 3.63) is 34.9 Å². The first-order valence-corrected chi connectivity index (χ1v) is 6.14. The van der Waals surface area contributed by atoms with Gasteiger partial charge in [-0.05, 0) is 26.0 Å². The molecule has 3 nitrogen and oxygen atoms in total. The van der Waals surface area contributed by atoms with Gasteiger partial charge in [0, 0.05) is 18.5 Å². The highest BCUT2D eigenvalue weighted by atomic mass is 16.1. The molecule has 1 aromatic rings. The van der Waals surface area contributed by atoms with Crippen molar-refractivity contribution in [1.82, 2.24) is 5.32 Å². The van der Waals surface area contributed by atoms with Crippen LogP contribution in [0.3, 0.4) is 0 Å². The Labute approximate surface area is 104 Å². The molecule has 0 atom stereocenters. The molecule has 0 aliphatic rings. The predicted molar refractivity (Wildman–Crippen MR) is 70.5 cm³/mol. The zero-order chi connectivity index (χ0) is 12.8. The lowest BCUT2D eigenvalue weighted by Crippen LogP contribution is -3.05. The molecule has 1 aromatic carbocycles. The maximum atomic E-state index is 11.9. The van der Waals surface area contributed by atoms with Gasteiger partial charge in [-0.15, -0.1) is 0 Å². The van der Waals surface area contributed by atoms with E-state index in [-0.39, 0.29) is 5.91 Å². The molecule has 0 aromatic heterocycles. The van der Waals surface area contributed by atoms with Gasteiger partial charge < -0.3 is 10.2 Å². The zero-order valence-electron chi connectivity index (χ0n) is 11.3. The Hall–Kier alpha value is -1.35. The smallest absolute Gasteiger partial charge is 0.251 e. The van der Waals surface area contributed by atoms with Crippen LogP contribution in [-0.2, 0) is 0 Å². The minimum absolute atomic E-state index is 0.0329. The second-order valence-electron chi connectivity index (χ2n) is 4.94. The van der Waals surface area contributed by atoms with Crippen molar-refractivity contribution in [2.45, 2.75) is 20.3 Å². The number of amides is 1. The Bertz CT molecular complexity index is 366. The summed E-state index contributed by atoms with van der Waals surface area (Å²) in [6.45, 7) is 5.85. The van der Waals surface area contributed by atoms with Gasteiger partial charge in [-0.25, -0.2) is 0 Å². The van der Waals surface area contributed by atoms with Crippen LogP contribution in [0.4, 0.5) is 0 Å². The second kappa shape index (κ2) is 6.40. The summed E-state index contributed by atoms with van der Waals surface area (Å²) >= 11 is 0. The van der Waals surface area contributed by atoms with E-state index in [2.05, 4.69) is 25.5 Å². The molecule has 3 heteroatoms. The third kappa shape index (κ3) is 5.00. The van der Waals surface area contributed by atoms with Crippen LogP contribution in [0.15, 0.2) is 18.2 Å². The van der Waals surface area contributed by atoms with E-state index in [4.69, 9.17) is 0 Å². The van der Waals surface area contributed by atoms with Gasteiger partial charge in [0.1, 0.15) is 0 Å². The molecule has 0 unspecified atom stereocenters. The first-order chi connectivity index (χ1) is 7.99. The van der Waals surface area contributed by atoms with Crippen LogP contribution in [-0.4, -0.2) is 33.1 Å². The standard InChI is InChI=1S/C14H22N2O/c1-11-8-12(2)10-13(9-11)14(17)15-6-5-7-16(3)4/h8-10H,5-7H2,1-4H3,(H,15,17)/p+1. The first-order valence-electron chi connectivity index (χ1n) is 6.14. The van der Waals surface area contributed by atoms with Crippen LogP contribution >= 0.6 is 0 Å². The molecule has 0 spiro atoms. The zero-order valence-corrected chi connectivity index (χ0v) is 11.3. The lowest BCUT2D eigenvalue weighted by Gasteiger charge is -2.09. The van der Waals surface area contributed by atoms with Crippen molar-refractivity contribution in [3.63, 3.8) is 0 Å². The average Bonchev–Trinajstić information content (AvgIpc) is 2.22. The summed E-state index contributed by atoms with van der Waals surface area (Å²) < 4.78 is 0. The highest BCUT2D eigenvalue weighted by Gasteiger charge is 2.06. The molecule has 17 heavy (non-hydrogen) atoms. The Kier molecular flexibility index (Phi) is 5.16. The van der Waals surface area contributed by atoms with Crippen LogP contribution in [0.1, 0.15) is 27.9 Å². The summed E-state index contributed by atoms with van der Waals surface area (Å²) in [4.78, 5) is 13.3. The maximum Gasteiger partial charge on any atom is 0.251 e. The fourth-order valence-corrected chi connectivity index (χ4v) is 1.85. The van der Waals surface area contributed by atoms with Crippen LogP contribution < -0.4 is 10.2 Å². The molecule has 2 N–H and O–H groups in total. The minimum atomic E-state index is 0.0329. The average molecular weight is 235 g/mol. The summed E-state index contributed by atoms with van der Waals surface area (Å²) in [5.74, 6) is 0.0329. The summed E-state index contributed by atoms with van der Waals surface area (Å²) in [7, 11) is 4.23. The van der Waals surface area contributed by atoms with E-state index in [1.54, 1.807) is 0 Å². The van der Waals surface area contributed by atoms with Crippen LogP contribution in [0.2, 0.25) is 0 Å². The number of hydrogen-bond donors (Lipinski definition) is 2. The Morgan fingerprint density at radius 2 is 1.76 bits per heavy atom. The molecule has 0 saturated carbocycles. The molecule has 0 radical (unpaired) electrons. The third-order valence-electron chi connectivity index (χ3n) is 2.62. The molecule has 0 aliphatic heterocycles. The monoisotopic (exact) mass is 235 g/mol. The number of hydrogen-bond acceptors (Lipinski definition) is 1. The van der Waals surface area contributed by atoms with Gasteiger partial charge in [-0.3, -0.25) is 4.79 Å². The Morgan fingerprint density at radius 3 is 2.29 bits per heavy atom. The van der Waals surface area contributed by atoms with Crippen molar-refractivity contribution >= 4 is 5.91 Å². The highest BCUT2D eigenvalue weighted by molar-refractivity contribution is 5.94. The summed E-state index contributed by atoms with van der Waals surface area (Å²) in [6, 6.07) is 5.94. The number of carbonyl (C=O) groups is 1. The van der Waals surface area contributed by atoms with Crippen molar-refractivity contribution in [2.75, 3.05) is 27.2 Å². The molecule has 94 valence electrons. The maximum absolute atomic E-state index is 11.9. The van der Waals surface area contributed by atoms with E-state index in [0.29, 0.717) is 0 Å². The van der Waals surface area contributed by atoms with E-state index < -0.39 is 0 Å². The summed E-state index contributed by atoms with van der Waals surface area (Å²) in [5, 5.41) is 2.96. The van der Waals surface area contributed by atoms with Crippen molar-refractivity contribution in [3.8, 4) is 0 Å². The Morgan fingerprint density at radius 1 is 1.18 bits per heavy atom. The second-order valence-corrected chi connectivity index (χ2v) is 4.94. The van der Waals surface area contributed by atoms with Crippen LogP contribution in [0.25, 0.3) is 0 Å². The van der Waals surface area contributed by atoms with E-state index in [0.717, 1.165) is 36.2 Å². The minimum Gasteiger partial charge on any atom is -0.352 e. The fourth-order valence-electron chi connectivity index (χ4n) is 1.85. The molecule has 0 bridgehead atoms. The Balaban J connectivity index is 2.47. The van der Waals surface area contributed by atoms with Gasteiger partial charge in [0.2, 0.25) is 0 Å². The van der Waals surface area contributed by atoms with Crippen molar-refractivity contribution in [2.24, 2.45) is 0 Å². The fraction of sp³-hybridized carbons (Fsp3) is 0.500. The van der Waals surface area contributed by atoms with E-state index in [9.17, 15) is 4.79 Å². The molecule has 0 aliphatic carbocycles. The largest absolute Gasteiger partial charge is 0.352 e. The number of nitrogens with one attached hydrogen (secondary N) is 2. The lowest BCUT2D eigenvalue weighted by molar-refractivity contribution is -0.858. The highest BCUT2D eigenvalue weighted by Crippen LogP contribution is 2.08. The molecule has 0 saturated heterocycles. The van der Waals surface area contributed by atoms with E-state index in [1.807, 2.05) is 26.0 Å². The quantitative estimate of drug-likeness (QED) is 0.719. The molecule has 0 fully saturated rings. The molecule has 1 rings (SSSR count). The molecule has 0 heterocycles. The van der Waals surface area contributed by atoms with Gasteiger partial charge >= 0.3 is 0 Å². The van der Waals surface area contributed by atoms with Gasteiger partial charge in [0.05, 0.1) is 20.6 Å². The van der Waals surface area contributed by atoms with Crippen molar-refractivity contribution < 1.29 is 9.69 Å². The predicted octanol–water partition coefficient (Wildman–Crippen LogP) is 0.568. The van der Waals surface area contributed by atoms with Crippen molar-refractivity contribution in [1.29, 1.82) is 0 Å². The number of aryl methyl sites for hydroxylation is 2. The summed E-state index contributed by atoms with van der Waals surface area (Å²) in [6.07, 6.45) is 1.01. The van der Waals surface area contributed by atoms with Gasteiger partial charge in [-0.1, -0.05) is 17.2 Å². The third-order valence-corrected chi connectivity index (χ3v) is 2.62. The number of quaternary nitrogens is 1. The molecular formula is C14H23N2O+. The van der Waals surface area contributed by atoms with Crippen LogP contribution in [0, 0.1) is 13.8 Å². The van der Waals surface area contributed by atoms with E-state index >= 15 is 0 Å². The number of benzene rings is 1. The first kappa shape index (κ1) is 13.7. The SMILES string of the molecule is Cc1cc(C)cc(C(=O)NCCC[NH+](C)C)c1. The van der Waals surface area contributed by atoms with E-state index in [1.165, 1.54) is 4.90 Å². The topological polar surface area (TPSA) is 33.5 Å². The van der Waals surface area contributed by atoms with Gasteiger partial charge in [0.15, 0.2) is 0 Å². The van der Waals surface area contributed by atoms with Crippen LogP contribution in [0.5, 0.6) is 0 Å². The summed E-state index contributed by atoms with van der Waals surface area (Å²) in [5.41, 5.74) is 3.03. The molecule has 1 amide bonds. The molecular weight excluding hydrogens is 212 g/mol. The van der Waals surface area contributed by atoms with Gasteiger partial charge in [0.25, 0.3) is 5.91 Å². The number of rotatable bonds is 5. The van der Waals surface area contributed by atoms with Gasteiger partial charge in [-0.2, -0.15) is 0 Å². The normalized spacial score (nSPS) is 10.6. The number of carbonyl (C=O) groups excluding carboxylic acids is 1.